The van der Waals surface area contributed by atoms with E-state index in [0.29, 0.717) is 11.6 Å². The summed E-state index contributed by atoms with van der Waals surface area (Å²) in [6.07, 6.45) is 0. The smallest absolute Gasteiger partial charge is 0.309 e. The van der Waals surface area contributed by atoms with Gasteiger partial charge < -0.3 is 5.11 Å². The fraction of sp³-hybridized carbons (Fsp3) is 0.364. The molecule has 0 aliphatic carbocycles. The van der Waals surface area contributed by atoms with Crippen molar-refractivity contribution in [2.24, 2.45) is 11.2 Å². The molecular weight excluding hydrogens is 244 g/mol. The molecule has 1 heterocycles. The van der Waals surface area contributed by atoms with E-state index in [4.69, 9.17) is 16.7 Å². The molecule has 17 heavy (non-hydrogen) atoms. The van der Waals surface area contributed by atoms with Gasteiger partial charge in [0.2, 0.25) is 0 Å². The van der Waals surface area contributed by atoms with Crippen LogP contribution in [0.15, 0.2) is 29.6 Å². The van der Waals surface area contributed by atoms with Crippen LogP contribution in [0.3, 0.4) is 0 Å². The van der Waals surface area contributed by atoms with Gasteiger partial charge in [-0.15, -0.1) is 4.91 Å². The SMILES string of the molecule is O=NN1CC(C(=O)O)C(c2ccc(Cl)cc2)C1. The Morgan fingerprint density at radius 1 is 1.35 bits per heavy atom. The Hall–Kier alpha value is -1.62. The second kappa shape index (κ2) is 4.71. The van der Waals surface area contributed by atoms with E-state index in [2.05, 4.69) is 5.29 Å². The molecule has 1 aliphatic heterocycles. The van der Waals surface area contributed by atoms with Crippen molar-refractivity contribution in [1.82, 2.24) is 5.01 Å². The van der Waals surface area contributed by atoms with Crippen LogP contribution in [-0.4, -0.2) is 29.2 Å². The molecule has 0 saturated carbocycles. The lowest BCUT2D eigenvalue weighted by Gasteiger charge is -2.14. The highest BCUT2D eigenvalue weighted by Gasteiger charge is 2.38. The molecule has 5 nitrogen and oxygen atoms in total. The van der Waals surface area contributed by atoms with Crippen molar-refractivity contribution in [2.75, 3.05) is 13.1 Å². The topological polar surface area (TPSA) is 70.0 Å². The number of nitroso groups, excluding NO2 is 1. The Balaban J connectivity index is 2.26. The molecule has 0 aromatic heterocycles. The van der Waals surface area contributed by atoms with Crippen LogP contribution in [0.4, 0.5) is 0 Å². The summed E-state index contributed by atoms with van der Waals surface area (Å²) in [4.78, 5) is 21.6. The first-order valence-corrected chi connectivity index (χ1v) is 5.56. The average Bonchev–Trinajstić information content (AvgIpc) is 2.74. The Morgan fingerprint density at radius 2 is 2.00 bits per heavy atom. The summed E-state index contributed by atoms with van der Waals surface area (Å²) in [5, 5.41) is 13.8. The van der Waals surface area contributed by atoms with Gasteiger partial charge in [-0.05, 0) is 17.7 Å². The number of carbonyl (C=O) groups is 1. The number of halogens is 1. The first kappa shape index (κ1) is 11.9. The summed E-state index contributed by atoms with van der Waals surface area (Å²) in [6, 6.07) is 7.01. The minimum atomic E-state index is -0.906. The third-order valence-corrected chi connectivity index (χ3v) is 3.28. The van der Waals surface area contributed by atoms with Gasteiger partial charge in [0.25, 0.3) is 0 Å². The normalized spacial score (nSPS) is 23.7. The molecule has 0 spiro atoms. The molecule has 1 aromatic carbocycles. The standard InChI is InChI=1S/C11H11ClN2O3/c12-8-3-1-7(2-4-8)9-5-14(13-17)6-10(9)11(15)16/h1-4,9-10H,5-6H2,(H,15,16). The second-order valence-corrected chi connectivity index (χ2v) is 4.49. The largest absolute Gasteiger partial charge is 0.481 e. The number of carboxylic acids is 1. The molecule has 2 unspecified atom stereocenters. The van der Waals surface area contributed by atoms with Crippen LogP contribution >= 0.6 is 11.6 Å². The molecule has 6 heteroatoms. The van der Waals surface area contributed by atoms with Gasteiger partial charge in [0, 0.05) is 17.5 Å². The van der Waals surface area contributed by atoms with Crippen molar-refractivity contribution in [1.29, 1.82) is 0 Å². The van der Waals surface area contributed by atoms with Gasteiger partial charge in [-0.3, -0.25) is 9.80 Å². The van der Waals surface area contributed by atoms with Crippen molar-refractivity contribution in [3.05, 3.63) is 39.8 Å². The summed E-state index contributed by atoms with van der Waals surface area (Å²) >= 11 is 5.78. The lowest BCUT2D eigenvalue weighted by molar-refractivity contribution is -0.141. The van der Waals surface area contributed by atoms with Gasteiger partial charge in [0.15, 0.2) is 0 Å². The summed E-state index contributed by atoms with van der Waals surface area (Å²) in [5.41, 5.74) is 0.868. The molecule has 90 valence electrons. The summed E-state index contributed by atoms with van der Waals surface area (Å²) in [5.74, 6) is -1.73. The molecule has 1 aliphatic rings. The van der Waals surface area contributed by atoms with Gasteiger partial charge in [-0.25, -0.2) is 0 Å². The maximum atomic E-state index is 11.1. The van der Waals surface area contributed by atoms with Crippen LogP contribution in [0.1, 0.15) is 11.5 Å². The van der Waals surface area contributed by atoms with Crippen molar-refractivity contribution < 1.29 is 9.90 Å². The monoisotopic (exact) mass is 254 g/mol. The molecule has 2 rings (SSSR count). The van der Waals surface area contributed by atoms with E-state index >= 15 is 0 Å². The van der Waals surface area contributed by atoms with Crippen molar-refractivity contribution in [3.63, 3.8) is 0 Å². The Bertz CT molecular complexity index is 435. The first-order chi connectivity index (χ1) is 8.11. The highest BCUT2D eigenvalue weighted by atomic mass is 35.5. The minimum absolute atomic E-state index is 0.159. The average molecular weight is 255 g/mol. The van der Waals surface area contributed by atoms with Crippen molar-refractivity contribution >= 4 is 17.6 Å². The highest BCUT2D eigenvalue weighted by Crippen LogP contribution is 2.33. The molecule has 2 atom stereocenters. The van der Waals surface area contributed by atoms with E-state index in [0.717, 1.165) is 5.56 Å². The fourth-order valence-electron chi connectivity index (χ4n) is 2.15. The van der Waals surface area contributed by atoms with E-state index in [1.54, 1.807) is 24.3 Å². The van der Waals surface area contributed by atoms with Gasteiger partial charge >= 0.3 is 5.97 Å². The third-order valence-electron chi connectivity index (χ3n) is 3.03. The van der Waals surface area contributed by atoms with Crippen LogP contribution in [0.25, 0.3) is 0 Å². The highest BCUT2D eigenvalue weighted by molar-refractivity contribution is 6.30. The van der Waals surface area contributed by atoms with Crippen LogP contribution in [0, 0.1) is 10.8 Å². The Morgan fingerprint density at radius 3 is 2.53 bits per heavy atom. The number of nitrogens with zero attached hydrogens (tertiary/aromatic N) is 2. The Labute approximate surface area is 103 Å². The fourth-order valence-corrected chi connectivity index (χ4v) is 2.27. The number of carboxylic acid groups (broad SMARTS) is 1. The van der Waals surface area contributed by atoms with E-state index in [9.17, 15) is 9.70 Å². The maximum Gasteiger partial charge on any atom is 0.309 e. The van der Waals surface area contributed by atoms with E-state index in [1.807, 2.05) is 0 Å². The number of hydrogen-bond donors (Lipinski definition) is 1. The molecule has 1 fully saturated rings. The van der Waals surface area contributed by atoms with Gasteiger partial charge in [-0.2, -0.15) is 0 Å². The van der Waals surface area contributed by atoms with Gasteiger partial charge in [0.1, 0.15) is 0 Å². The van der Waals surface area contributed by atoms with E-state index in [1.165, 1.54) is 5.01 Å². The predicted molar refractivity (Wildman–Crippen MR) is 62.7 cm³/mol. The maximum absolute atomic E-state index is 11.1. The molecule has 0 radical (unpaired) electrons. The summed E-state index contributed by atoms with van der Waals surface area (Å²) in [6.45, 7) is 0.494. The number of aliphatic carboxylic acids is 1. The van der Waals surface area contributed by atoms with Gasteiger partial charge in [0.05, 0.1) is 17.7 Å². The quantitative estimate of drug-likeness (QED) is 0.839. The summed E-state index contributed by atoms with van der Waals surface area (Å²) < 4.78 is 0. The molecule has 1 N–H and O–H groups in total. The number of hydrogen-bond acceptors (Lipinski definition) is 3. The van der Waals surface area contributed by atoms with Crippen molar-refractivity contribution in [2.45, 2.75) is 5.92 Å². The second-order valence-electron chi connectivity index (χ2n) is 4.06. The zero-order chi connectivity index (χ0) is 12.4. The number of benzene rings is 1. The van der Waals surface area contributed by atoms with Crippen molar-refractivity contribution in [3.8, 4) is 0 Å². The lowest BCUT2D eigenvalue weighted by atomic mass is 9.89. The minimum Gasteiger partial charge on any atom is -0.481 e. The number of rotatable bonds is 3. The van der Waals surface area contributed by atoms with E-state index < -0.39 is 11.9 Å². The third kappa shape index (κ3) is 2.39. The molecular formula is C11H11ClN2O3. The van der Waals surface area contributed by atoms with Crippen LogP contribution in [-0.2, 0) is 4.79 Å². The zero-order valence-corrected chi connectivity index (χ0v) is 9.67. The molecule has 1 saturated heterocycles. The zero-order valence-electron chi connectivity index (χ0n) is 8.91. The first-order valence-electron chi connectivity index (χ1n) is 5.18. The summed E-state index contributed by atoms with van der Waals surface area (Å²) in [7, 11) is 0. The van der Waals surface area contributed by atoms with E-state index in [-0.39, 0.29) is 12.5 Å². The van der Waals surface area contributed by atoms with Crippen LogP contribution in [0.2, 0.25) is 5.02 Å². The lowest BCUT2D eigenvalue weighted by Crippen LogP contribution is -2.21. The molecule has 0 amide bonds. The molecule has 1 aromatic rings. The predicted octanol–water partition coefficient (Wildman–Crippen LogP) is 2.12. The Kier molecular flexibility index (Phi) is 3.28. The van der Waals surface area contributed by atoms with Crippen LogP contribution < -0.4 is 0 Å². The van der Waals surface area contributed by atoms with Gasteiger partial charge in [-0.1, -0.05) is 23.7 Å². The molecule has 0 bridgehead atoms. The van der Waals surface area contributed by atoms with Crippen LogP contribution in [0.5, 0.6) is 0 Å².